The number of aliphatic hydroxyl groups excluding tert-OH is 1. The van der Waals surface area contributed by atoms with Gasteiger partial charge in [0.2, 0.25) is 5.91 Å². The highest BCUT2D eigenvalue weighted by molar-refractivity contribution is 7.86. The van der Waals surface area contributed by atoms with E-state index in [1.165, 1.54) is 31.2 Å². The number of aliphatic hydroxyl groups is 1. The second-order valence-corrected chi connectivity index (χ2v) is 8.67. The summed E-state index contributed by atoms with van der Waals surface area (Å²) in [6.45, 7) is 2.80. The van der Waals surface area contributed by atoms with Gasteiger partial charge in [0.15, 0.2) is 12.4 Å². The van der Waals surface area contributed by atoms with Crippen LogP contribution >= 0.6 is 0 Å². The van der Waals surface area contributed by atoms with Gasteiger partial charge in [-0.1, -0.05) is 35.9 Å². The summed E-state index contributed by atoms with van der Waals surface area (Å²) >= 11 is 0. The van der Waals surface area contributed by atoms with Crippen molar-refractivity contribution in [3.63, 3.8) is 0 Å². The van der Waals surface area contributed by atoms with Gasteiger partial charge in [0.25, 0.3) is 10.1 Å². The Balaban J connectivity index is 1.91. The zero-order chi connectivity index (χ0) is 22.6. The van der Waals surface area contributed by atoms with E-state index in [4.69, 9.17) is 13.7 Å². The molecule has 1 amide bonds. The molecule has 2 aromatic rings. The van der Waals surface area contributed by atoms with Crippen LogP contribution in [0.1, 0.15) is 22.8 Å². The molecule has 2 aromatic carbocycles. The number of hydrogen-bond donors (Lipinski definition) is 2. The number of carbonyl (C=O) groups is 2. The van der Waals surface area contributed by atoms with Crippen molar-refractivity contribution in [1.29, 1.82) is 0 Å². The molecule has 0 aromatic heterocycles. The predicted molar refractivity (Wildman–Crippen MR) is 108 cm³/mol. The molecule has 1 aliphatic heterocycles. The van der Waals surface area contributed by atoms with Gasteiger partial charge in [-0.2, -0.15) is 8.42 Å². The Bertz CT molecular complexity index is 1020. The van der Waals surface area contributed by atoms with Crippen LogP contribution in [-0.2, 0) is 28.6 Å². The van der Waals surface area contributed by atoms with Crippen molar-refractivity contribution >= 4 is 22.0 Å². The van der Waals surface area contributed by atoms with Crippen LogP contribution in [0, 0.1) is 6.92 Å². The molecule has 31 heavy (non-hydrogen) atoms. The topological polar surface area (TPSA) is 128 Å². The van der Waals surface area contributed by atoms with Crippen molar-refractivity contribution in [3.05, 3.63) is 65.7 Å². The average molecular weight is 449 g/mol. The van der Waals surface area contributed by atoms with Crippen LogP contribution in [0.4, 0.5) is 0 Å². The lowest BCUT2D eigenvalue weighted by atomic mass is 10.0. The highest BCUT2D eigenvalue weighted by atomic mass is 32.2. The lowest BCUT2D eigenvalue weighted by molar-refractivity contribution is -0.223. The molecule has 0 spiro atoms. The van der Waals surface area contributed by atoms with E-state index in [2.05, 4.69) is 5.32 Å². The summed E-state index contributed by atoms with van der Waals surface area (Å²) in [7, 11) is -4.31. The molecule has 4 unspecified atom stereocenters. The van der Waals surface area contributed by atoms with Crippen LogP contribution < -0.4 is 5.32 Å². The fraction of sp³-hybridized carbons (Fsp3) is 0.333. The summed E-state index contributed by atoms with van der Waals surface area (Å²) in [6, 6.07) is 12.9. The molecule has 9 nitrogen and oxygen atoms in total. The number of rotatable bonds is 6. The Morgan fingerprint density at radius 3 is 2.32 bits per heavy atom. The average Bonchev–Trinajstić information content (AvgIpc) is 2.73. The number of esters is 1. The maximum absolute atomic E-state index is 12.9. The van der Waals surface area contributed by atoms with Gasteiger partial charge in [0, 0.05) is 6.92 Å². The molecule has 10 heteroatoms. The quantitative estimate of drug-likeness (QED) is 0.496. The van der Waals surface area contributed by atoms with Crippen molar-refractivity contribution in [2.45, 2.75) is 43.3 Å². The third-order valence-corrected chi connectivity index (χ3v) is 5.96. The van der Waals surface area contributed by atoms with E-state index in [9.17, 15) is 23.1 Å². The predicted octanol–water partition coefficient (Wildman–Crippen LogP) is 1.15. The molecular formula is C21H23NO8S. The smallest absolute Gasteiger partial charge is 0.338 e. The maximum Gasteiger partial charge on any atom is 0.338 e. The van der Waals surface area contributed by atoms with E-state index in [0.29, 0.717) is 0 Å². The minimum Gasteiger partial charge on any atom is -0.450 e. The summed E-state index contributed by atoms with van der Waals surface area (Å²) in [5.41, 5.74) is 1.04. The Morgan fingerprint density at radius 2 is 1.71 bits per heavy atom. The first-order valence-corrected chi connectivity index (χ1v) is 10.9. The number of aryl methyl sites for hydroxylation is 1. The Kier molecular flexibility index (Phi) is 7.06. The molecule has 1 saturated heterocycles. The third-order valence-electron chi connectivity index (χ3n) is 4.64. The Hall–Kier alpha value is -2.79. The molecule has 0 bridgehead atoms. The monoisotopic (exact) mass is 449 g/mol. The first-order chi connectivity index (χ1) is 14.7. The van der Waals surface area contributed by atoms with E-state index in [1.807, 2.05) is 0 Å². The SMILES string of the molecule is CC(=O)NC1COC(O)C(OC(=O)c2ccccc2)C1OS(=O)(=O)c1ccc(C)cc1. The number of amides is 1. The molecule has 1 aliphatic rings. The minimum absolute atomic E-state index is 0.117. The third kappa shape index (κ3) is 5.67. The summed E-state index contributed by atoms with van der Waals surface area (Å²) in [6.07, 6.45) is -4.60. The Morgan fingerprint density at radius 1 is 1.06 bits per heavy atom. The standard InChI is InChI=1S/C21H23NO8S/c1-13-8-10-16(11-9-13)31(26,27)30-18-17(22-14(2)23)12-28-21(25)19(18)29-20(24)15-6-4-3-5-7-15/h3-11,17-19,21,25H,12H2,1-2H3,(H,22,23). The molecule has 4 atom stereocenters. The molecule has 1 fully saturated rings. The summed E-state index contributed by atoms with van der Waals surface area (Å²) in [5, 5.41) is 12.8. The van der Waals surface area contributed by atoms with Crippen LogP contribution in [0.25, 0.3) is 0 Å². The van der Waals surface area contributed by atoms with Gasteiger partial charge in [-0.15, -0.1) is 0 Å². The van der Waals surface area contributed by atoms with E-state index in [1.54, 1.807) is 37.3 Å². The molecule has 0 aliphatic carbocycles. The summed E-state index contributed by atoms with van der Waals surface area (Å²) < 4.78 is 41.6. The van der Waals surface area contributed by atoms with E-state index in [-0.39, 0.29) is 17.1 Å². The lowest BCUT2D eigenvalue weighted by Gasteiger charge is -2.39. The van der Waals surface area contributed by atoms with Crippen molar-refractivity contribution < 1.29 is 36.8 Å². The van der Waals surface area contributed by atoms with Crippen molar-refractivity contribution in [2.75, 3.05) is 6.61 Å². The van der Waals surface area contributed by atoms with Gasteiger partial charge in [-0.3, -0.25) is 8.98 Å². The van der Waals surface area contributed by atoms with Crippen LogP contribution in [-0.4, -0.2) is 56.5 Å². The van der Waals surface area contributed by atoms with Gasteiger partial charge >= 0.3 is 5.97 Å². The number of nitrogens with one attached hydrogen (secondary N) is 1. The van der Waals surface area contributed by atoms with E-state index >= 15 is 0 Å². The van der Waals surface area contributed by atoms with E-state index in [0.717, 1.165) is 5.56 Å². The summed E-state index contributed by atoms with van der Waals surface area (Å²) in [5.74, 6) is -1.28. The second-order valence-electron chi connectivity index (χ2n) is 7.09. The van der Waals surface area contributed by atoms with E-state index < -0.39 is 46.5 Å². The molecular weight excluding hydrogens is 426 g/mol. The van der Waals surface area contributed by atoms with Crippen LogP contribution in [0.3, 0.4) is 0 Å². The number of benzene rings is 2. The highest BCUT2D eigenvalue weighted by Crippen LogP contribution is 2.26. The highest BCUT2D eigenvalue weighted by Gasteiger charge is 2.46. The largest absolute Gasteiger partial charge is 0.450 e. The van der Waals surface area contributed by atoms with Gasteiger partial charge in [0.1, 0.15) is 6.10 Å². The second kappa shape index (κ2) is 9.56. The molecule has 0 radical (unpaired) electrons. The minimum atomic E-state index is -4.31. The van der Waals surface area contributed by atoms with Crippen LogP contribution in [0.15, 0.2) is 59.5 Å². The van der Waals surface area contributed by atoms with Gasteiger partial charge in [0.05, 0.1) is 23.1 Å². The fourth-order valence-corrected chi connectivity index (χ4v) is 4.20. The van der Waals surface area contributed by atoms with Crippen molar-refractivity contribution in [1.82, 2.24) is 5.32 Å². The van der Waals surface area contributed by atoms with Crippen LogP contribution in [0.2, 0.25) is 0 Å². The number of hydrogen-bond acceptors (Lipinski definition) is 8. The van der Waals surface area contributed by atoms with Gasteiger partial charge in [-0.05, 0) is 31.2 Å². The van der Waals surface area contributed by atoms with Crippen LogP contribution in [0.5, 0.6) is 0 Å². The molecule has 2 N–H and O–H groups in total. The first kappa shape index (κ1) is 22.9. The van der Waals surface area contributed by atoms with Crippen molar-refractivity contribution in [2.24, 2.45) is 0 Å². The number of carbonyl (C=O) groups excluding carboxylic acids is 2. The maximum atomic E-state index is 12.9. The lowest BCUT2D eigenvalue weighted by Crippen LogP contribution is -2.61. The zero-order valence-electron chi connectivity index (χ0n) is 16.9. The molecule has 1 heterocycles. The number of ether oxygens (including phenoxy) is 2. The van der Waals surface area contributed by atoms with Gasteiger partial charge in [-0.25, -0.2) is 4.79 Å². The first-order valence-electron chi connectivity index (χ1n) is 9.50. The fourth-order valence-electron chi connectivity index (χ4n) is 3.09. The van der Waals surface area contributed by atoms with Gasteiger partial charge < -0.3 is 19.9 Å². The zero-order valence-corrected chi connectivity index (χ0v) is 17.7. The summed E-state index contributed by atoms with van der Waals surface area (Å²) in [4.78, 5) is 24.0. The molecule has 0 saturated carbocycles. The molecule has 3 rings (SSSR count). The normalized spacial score (nSPS) is 23.7. The van der Waals surface area contributed by atoms with Crippen molar-refractivity contribution in [3.8, 4) is 0 Å². The molecule has 166 valence electrons. The Labute approximate surface area is 180 Å².